The summed E-state index contributed by atoms with van der Waals surface area (Å²) in [7, 11) is 1.94. The van der Waals surface area contributed by atoms with E-state index >= 15 is 0 Å². The van der Waals surface area contributed by atoms with Crippen molar-refractivity contribution in [2.75, 3.05) is 13.7 Å². The molecule has 0 amide bonds. The van der Waals surface area contributed by atoms with Crippen LogP contribution in [0.4, 0.5) is 5.69 Å². The number of rotatable bonds is 4. The fourth-order valence-electron chi connectivity index (χ4n) is 2.80. The molecule has 4 heteroatoms. The summed E-state index contributed by atoms with van der Waals surface area (Å²) in [6.07, 6.45) is 1.74. The number of nitrogens with one attached hydrogen (secondary N) is 2. The van der Waals surface area contributed by atoms with Gasteiger partial charge < -0.3 is 10.1 Å². The second-order valence-corrected chi connectivity index (χ2v) is 4.85. The lowest BCUT2D eigenvalue weighted by Gasteiger charge is -2.38. The molecule has 0 fully saturated rings. The summed E-state index contributed by atoms with van der Waals surface area (Å²) in [5.41, 5.74) is 2.55. The molecular weight excluding hydrogens is 262 g/mol. The number of ether oxygens (including phenoxy) is 1. The Morgan fingerprint density at radius 2 is 1.81 bits per heavy atom. The highest BCUT2D eigenvalue weighted by Gasteiger charge is 2.38. The lowest BCUT2D eigenvalue weighted by molar-refractivity contribution is 0.315. The van der Waals surface area contributed by atoms with Crippen molar-refractivity contribution in [1.82, 2.24) is 10.6 Å². The van der Waals surface area contributed by atoms with Gasteiger partial charge in [0, 0.05) is 11.1 Å². The van der Waals surface area contributed by atoms with Gasteiger partial charge in [-0.05, 0) is 26.1 Å². The molecule has 0 saturated heterocycles. The SMILES string of the molecule is CCOc1ccccc1C1(NC)NC=Nc2ccccc21. The highest BCUT2D eigenvalue weighted by Crippen LogP contribution is 2.39. The Morgan fingerprint density at radius 1 is 1.10 bits per heavy atom. The van der Waals surface area contributed by atoms with Crippen molar-refractivity contribution in [3.63, 3.8) is 0 Å². The fraction of sp³-hybridized carbons (Fsp3) is 0.235. The zero-order valence-electron chi connectivity index (χ0n) is 12.3. The number of benzene rings is 2. The normalized spacial score (nSPS) is 19.7. The van der Waals surface area contributed by atoms with Crippen LogP contribution in [0.1, 0.15) is 18.1 Å². The van der Waals surface area contributed by atoms with Gasteiger partial charge in [0.1, 0.15) is 11.4 Å². The molecule has 2 aromatic carbocycles. The van der Waals surface area contributed by atoms with Crippen LogP contribution in [0.5, 0.6) is 5.75 Å². The quantitative estimate of drug-likeness (QED) is 0.906. The first-order chi connectivity index (χ1) is 10.3. The molecule has 3 rings (SSSR count). The first-order valence-corrected chi connectivity index (χ1v) is 7.13. The van der Waals surface area contributed by atoms with E-state index in [9.17, 15) is 0 Å². The van der Waals surface area contributed by atoms with E-state index < -0.39 is 5.66 Å². The molecule has 2 aromatic rings. The third kappa shape index (κ3) is 2.17. The van der Waals surface area contributed by atoms with Gasteiger partial charge in [0.05, 0.1) is 18.6 Å². The van der Waals surface area contributed by atoms with E-state index in [1.54, 1.807) is 6.34 Å². The second-order valence-electron chi connectivity index (χ2n) is 4.85. The van der Waals surface area contributed by atoms with Crippen molar-refractivity contribution in [2.24, 2.45) is 4.99 Å². The van der Waals surface area contributed by atoms with E-state index in [0.717, 1.165) is 22.6 Å². The van der Waals surface area contributed by atoms with Crippen molar-refractivity contribution in [3.05, 3.63) is 59.7 Å². The molecule has 0 bridgehead atoms. The van der Waals surface area contributed by atoms with Crippen LogP contribution in [0.15, 0.2) is 53.5 Å². The molecule has 1 aliphatic heterocycles. The summed E-state index contributed by atoms with van der Waals surface area (Å²) >= 11 is 0. The van der Waals surface area contributed by atoms with Gasteiger partial charge in [-0.1, -0.05) is 36.4 Å². The molecule has 108 valence electrons. The number of hydrogen-bond donors (Lipinski definition) is 2. The maximum Gasteiger partial charge on any atom is 0.147 e. The third-order valence-electron chi connectivity index (χ3n) is 3.76. The van der Waals surface area contributed by atoms with Crippen LogP contribution in [0.2, 0.25) is 0 Å². The highest BCUT2D eigenvalue weighted by atomic mass is 16.5. The fourth-order valence-corrected chi connectivity index (χ4v) is 2.80. The molecule has 0 saturated carbocycles. The smallest absolute Gasteiger partial charge is 0.147 e. The Kier molecular flexibility index (Phi) is 3.62. The molecule has 0 aliphatic carbocycles. The molecular formula is C17H19N3O. The van der Waals surface area contributed by atoms with Crippen molar-refractivity contribution < 1.29 is 4.74 Å². The number of hydrogen-bond acceptors (Lipinski definition) is 4. The van der Waals surface area contributed by atoms with Gasteiger partial charge in [-0.25, -0.2) is 4.99 Å². The maximum atomic E-state index is 5.81. The zero-order chi connectivity index (χ0) is 14.7. The van der Waals surface area contributed by atoms with Crippen LogP contribution in [-0.2, 0) is 5.66 Å². The molecule has 0 aromatic heterocycles. The Bertz CT molecular complexity index is 669. The summed E-state index contributed by atoms with van der Waals surface area (Å²) < 4.78 is 5.81. The number of para-hydroxylation sites is 2. The summed E-state index contributed by atoms with van der Waals surface area (Å²) in [6.45, 7) is 2.62. The predicted molar refractivity (Wildman–Crippen MR) is 85.2 cm³/mol. The van der Waals surface area contributed by atoms with Crippen molar-refractivity contribution in [3.8, 4) is 5.75 Å². The zero-order valence-corrected chi connectivity index (χ0v) is 12.3. The highest BCUT2D eigenvalue weighted by molar-refractivity contribution is 5.72. The molecule has 2 N–H and O–H groups in total. The molecule has 0 spiro atoms. The van der Waals surface area contributed by atoms with E-state index in [-0.39, 0.29) is 0 Å². The van der Waals surface area contributed by atoms with Crippen LogP contribution in [0.25, 0.3) is 0 Å². The minimum absolute atomic E-state index is 0.538. The minimum Gasteiger partial charge on any atom is -0.493 e. The predicted octanol–water partition coefficient (Wildman–Crippen LogP) is 2.77. The Labute approximate surface area is 124 Å². The molecule has 0 radical (unpaired) electrons. The molecule has 1 heterocycles. The third-order valence-corrected chi connectivity index (χ3v) is 3.76. The number of nitrogens with zero attached hydrogens (tertiary/aromatic N) is 1. The van der Waals surface area contributed by atoms with Crippen LogP contribution in [0.3, 0.4) is 0 Å². The van der Waals surface area contributed by atoms with E-state index in [1.807, 2.05) is 50.4 Å². The van der Waals surface area contributed by atoms with Gasteiger partial charge in [-0.15, -0.1) is 0 Å². The lowest BCUT2D eigenvalue weighted by Crippen LogP contribution is -2.54. The number of aliphatic imine (C=N–C) groups is 1. The van der Waals surface area contributed by atoms with E-state index in [2.05, 4.69) is 27.8 Å². The average Bonchev–Trinajstić information content (AvgIpc) is 2.55. The molecule has 4 nitrogen and oxygen atoms in total. The van der Waals surface area contributed by atoms with Gasteiger partial charge in [0.25, 0.3) is 0 Å². The Morgan fingerprint density at radius 3 is 2.57 bits per heavy atom. The van der Waals surface area contributed by atoms with Crippen molar-refractivity contribution in [2.45, 2.75) is 12.6 Å². The first-order valence-electron chi connectivity index (χ1n) is 7.13. The summed E-state index contributed by atoms with van der Waals surface area (Å²) in [6, 6.07) is 16.2. The lowest BCUT2D eigenvalue weighted by atomic mass is 9.88. The van der Waals surface area contributed by atoms with Crippen LogP contribution in [-0.4, -0.2) is 20.0 Å². The molecule has 1 unspecified atom stereocenters. The van der Waals surface area contributed by atoms with E-state index in [4.69, 9.17) is 4.74 Å². The van der Waals surface area contributed by atoms with Crippen LogP contribution < -0.4 is 15.4 Å². The van der Waals surface area contributed by atoms with Crippen LogP contribution >= 0.6 is 0 Å². The second kappa shape index (κ2) is 5.58. The summed E-state index contributed by atoms with van der Waals surface area (Å²) in [5, 5.41) is 6.78. The largest absolute Gasteiger partial charge is 0.493 e. The topological polar surface area (TPSA) is 45.6 Å². The van der Waals surface area contributed by atoms with Crippen molar-refractivity contribution in [1.29, 1.82) is 0 Å². The first kappa shape index (κ1) is 13.6. The van der Waals surface area contributed by atoms with Gasteiger partial charge >= 0.3 is 0 Å². The van der Waals surface area contributed by atoms with Gasteiger partial charge in [-0.3, -0.25) is 5.32 Å². The molecule has 21 heavy (non-hydrogen) atoms. The van der Waals surface area contributed by atoms with Gasteiger partial charge in [-0.2, -0.15) is 0 Å². The van der Waals surface area contributed by atoms with Crippen LogP contribution in [0, 0.1) is 0 Å². The summed E-state index contributed by atoms with van der Waals surface area (Å²) in [5.74, 6) is 0.868. The van der Waals surface area contributed by atoms with Gasteiger partial charge in [0.2, 0.25) is 0 Å². The maximum absolute atomic E-state index is 5.81. The summed E-state index contributed by atoms with van der Waals surface area (Å²) in [4.78, 5) is 4.42. The van der Waals surface area contributed by atoms with Crippen molar-refractivity contribution >= 4 is 12.0 Å². The van der Waals surface area contributed by atoms with Gasteiger partial charge in [0.15, 0.2) is 0 Å². The minimum atomic E-state index is -0.538. The molecule has 1 aliphatic rings. The number of fused-ring (bicyclic) bond motifs is 1. The van der Waals surface area contributed by atoms with E-state index in [1.165, 1.54) is 0 Å². The standard InChI is InChI=1S/C17H19N3O/c1-3-21-16-11-7-5-9-14(16)17(18-2)13-8-4-6-10-15(13)19-12-20-17/h4-12,18H,3H2,1-2H3,(H,19,20). The monoisotopic (exact) mass is 281 g/mol. The molecule has 1 atom stereocenters. The Balaban J connectivity index is 2.21. The Hall–Kier alpha value is -2.33. The average molecular weight is 281 g/mol. The van der Waals surface area contributed by atoms with E-state index in [0.29, 0.717) is 6.61 Å².